The molecule has 2 rings (SSSR count). The van der Waals surface area contributed by atoms with Crippen LogP contribution < -0.4 is 10.6 Å². The lowest BCUT2D eigenvalue weighted by molar-refractivity contribution is 0.589. The summed E-state index contributed by atoms with van der Waals surface area (Å²) in [4.78, 5) is 2.40. The van der Waals surface area contributed by atoms with Crippen molar-refractivity contribution >= 4 is 11.5 Å². The van der Waals surface area contributed by atoms with Gasteiger partial charge in [0.15, 0.2) is 0 Å². The fraction of sp³-hybridized carbons (Fsp3) is 0.400. The molecule has 0 bridgehead atoms. The summed E-state index contributed by atoms with van der Waals surface area (Å²) >= 11 is 0. The third-order valence-electron chi connectivity index (χ3n) is 3.16. The Bertz CT molecular complexity index is 478. The highest BCUT2D eigenvalue weighted by Gasteiger charge is 2.06. The van der Waals surface area contributed by atoms with Crippen molar-refractivity contribution in [3.63, 3.8) is 0 Å². The molecule has 0 saturated carbocycles. The van der Waals surface area contributed by atoms with Crippen molar-refractivity contribution in [3.05, 3.63) is 42.6 Å². The minimum atomic E-state index is 0.583. The molecule has 0 unspecified atom stereocenters. The van der Waals surface area contributed by atoms with Crippen LogP contribution in [0.15, 0.2) is 42.6 Å². The molecule has 1 aromatic heterocycles. The third kappa shape index (κ3) is 4.02. The Labute approximate surface area is 114 Å². The number of benzene rings is 1. The predicted octanol–water partition coefficient (Wildman–Crippen LogP) is 2.77. The molecule has 0 amide bonds. The number of rotatable bonds is 7. The van der Waals surface area contributed by atoms with E-state index in [1.807, 2.05) is 16.9 Å². The molecule has 0 aliphatic carbocycles. The Balaban J connectivity index is 1.97. The Hall–Kier alpha value is -1.97. The molecule has 2 N–H and O–H groups in total. The van der Waals surface area contributed by atoms with Crippen LogP contribution in [0.5, 0.6) is 0 Å². The molecule has 0 atom stereocenters. The maximum atomic E-state index is 5.63. The molecule has 4 nitrogen and oxygen atoms in total. The molecule has 102 valence electrons. The summed E-state index contributed by atoms with van der Waals surface area (Å²) in [5.41, 5.74) is 6.90. The topological polar surface area (TPSA) is 47.1 Å². The van der Waals surface area contributed by atoms with E-state index >= 15 is 0 Å². The summed E-state index contributed by atoms with van der Waals surface area (Å²) in [5.74, 6) is 0.583. The first-order valence-electron chi connectivity index (χ1n) is 6.88. The summed E-state index contributed by atoms with van der Waals surface area (Å²) in [5, 5.41) is 4.22. The van der Waals surface area contributed by atoms with Crippen LogP contribution in [-0.2, 0) is 6.54 Å². The second kappa shape index (κ2) is 6.83. The summed E-state index contributed by atoms with van der Waals surface area (Å²) in [6.45, 7) is 5.11. The molecule has 0 radical (unpaired) electrons. The Morgan fingerprint density at radius 1 is 1.16 bits per heavy atom. The molecule has 0 fully saturated rings. The first kappa shape index (κ1) is 13.5. The van der Waals surface area contributed by atoms with Crippen LogP contribution in [0.3, 0.4) is 0 Å². The number of nitrogen functional groups attached to an aromatic ring is 1. The van der Waals surface area contributed by atoms with E-state index in [1.54, 1.807) is 0 Å². The van der Waals surface area contributed by atoms with E-state index in [0.717, 1.165) is 19.6 Å². The second-order valence-electron chi connectivity index (χ2n) is 4.68. The van der Waals surface area contributed by atoms with Crippen LogP contribution in [0, 0.1) is 0 Å². The van der Waals surface area contributed by atoms with Crippen molar-refractivity contribution < 1.29 is 0 Å². The molecule has 0 aliphatic rings. The Morgan fingerprint density at radius 2 is 1.95 bits per heavy atom. The highest BCUT2D eigenvalue weighted by Crippen LogP contribution is 2.14. The van der Waals surface area contributed by atoms with Crippen molar-refractivity contribution in [2.75, 3.05) is 23.7 Å². The molecule has 4 heteroatoms. The lowest BCUT2D eigenvalue weighted by Crippen LogP contribution is -2.28. The summed E-state index contributed by atoms with van der Waals surface area (Å²) in [6, 6.07) is 12.4. The third-order valence-corrected chi connectivity index (χ3v) is 3.16. The molecular formula is C15H22N4. The van der Waals surface area contributed by atoms with Gasteiger partial charge in [0.25, 0.3) is 0 Å². The van der Waals surface area contributed by atoms with Gasteiger partial charge in [-0.2, -0.15) is 5.10 Å². The largest absolute Gasteiger partial charge is 0.382 e. The Morgan fingerprint density at radius 3 is 2.58 bits per heavy atom. The molecule has 0 aliphatic heterocycles. The number of nitrogens with zero attached hydrogens (tertiary/aromatic N) is 3. The minimum absolute atomic E-state index is 0.583. The molecule has 1 heterocycles. The SMILES string of the molecule is CCCCN(CCn1ccc(N)n1)c1ccccc1. The fourth-order valence-electron chi connectivity index (χ4n) is 2.08. The number of hydrogen-bond donors (Lipinski definition) is 1. The number of hydrogen-bond acceptors (Lipinski definition) is 3. The quantitative estimate of drug-likeness (QED) is 0.830. The van der Waals surface area contributed by atoms with Crippen LogP contribution in [0.1, 0.15) is 19.8 Å². The first-order valence-corrected chi connectivity index (χ1v) is 6.88. The molecule has 2 aromatic rings. The van der Waals surface area contributed by atoms with Crippen molar-refractivity contribution in [2.24, 2.45) is 0 Å². The first-order chi connectivity index (χ1) is 9.29. The van der Waals surface area contributed by atoms with Gasteiger partial charge in [0, 0.05) is 25.0 Å². The summed E-state index contributed by atoms with van der Waals surface area (Å²) in [7, 11) is 0. The van der Waals surface area contributed by atoms with Crippen LogP contribution in [0.25, 0.3) is 0 Å². The smallest absolute Gasteiger partial charge is 0.145 e. The van der Waals surface area contributed by atoms with Crippen LogP contribution in [0.4, 0.5) is 11.5 Å². The van der Waals surface area contributed by atoms with Crippen LogP contribution in [-0.4, -0.2) is 22.9 Å². The van der Waals surface area contributed by atoms with Gasteiger partial charge in [-0.1, -0.05) is 31.5 Å². The molecule has 0 spiro atoms. The lowest BCUT2D eigenvalue weighted by Gasteiger charge is -2.24. The summed E-state index contributed by atoms with van der Waals surface area (Å²) in [6.07, 6.45) is 4.34. The zero-order valence-corrected chi connectivity index (χ0v) is 11.5. The van der Waals surface area contributed by atoms with Crippen LogP contribution in [0.2, 0.25) is 0 Å². The van der Waals surface area contributed by atoms with Crippen molar-refractivity contribution in [3.8, 4) is 0 Å². The number of para-hydroxylation sites is 1. The highest BCUT2D eigenvalue weighted by atomic mass is 15.3. The van der Waals surface area contributed by atoms with E-state index in [-0.39, 0.29) is 0 Å². The second-order valence-corrected chi connectivity index (χ2v) is 4.68. The van der Waals surface area contributed by atoms with Gasteiger partial charge in [0.2, 0.25) is 0 Å². The van der Waals surface area contributed by atoms with Gasteiger partial charge in [0.05, 0.1) is 6.54 Å². The molecule has 19 heavy (non-hydrogen) atoms. The monoisotopic (exact) mass is 258 g/mol. The minimum Gasteiger partial charge on any atom is -0.382 e. The van der Waals surface area contributed by atoms with Gasteiger partial charge in [-0.25, -0.2) is 0 Å². The fourth-order valence-corrected chi connectivity index (χ4v) is 2.08. The lowest BCUT2D eigenvalue weighted by atomic mass is 10.2. The summed E-state index contributed by atoms with van der Waals surface area (Å²) < 4.78 is 1.90. The van der Waals surface area contributed by atoms with Crippen molar-refractivity contribution in [1.82, 2.24) is 9.78 Å². The van der Waals surface area contributed by atoms with Crippen molar-refractivity contribution in [1.29, 1.82) is 0 Å². The average molecular weight is 258 g/mol. The van der Waals surface area contributed by atoms with E-state index in [2.05, 4.69) is 47.3 Å². The van der Waals surface area contributed by atoms with Crippen LogP contribution >= 0.6 is 0 Å². The average Bonchev–Trinajstić information content (AvgIpc) is 2.86. The van der Waals surface area contributed by atoms with Gasteiger partial charge >= 0.3 is 0 Å². The van der Waals surface area contributed by atoms with Gasteiger partial charge in [-0.15, -0.1) is 0 Å². The van der Waals surface area contributed by atoms with Gasteiger partial charge in [-0.05, 0) is 24.6 Å². The normalized spacial score (nSPS) is 10.6. The molecule has 0 saturated heterocycles. The standard InChI is InChI=1S/C15H22N4/c1-2-3-10-18(14-7-5-4-6-8-14)12-13-19-11-9-15(16)17-19/h4-9,11H,2-3,10,12-13H2,1H3,(H2,16,17). The van der Waals surface area contributed by atoms with Gasteiger partial charge in [0.1, 0.15) is 5.82 Å². The van der Waals surface area contributed by atoms with E-state index in [0.29, 0.717) is 5.82 Å². The number of aromatic nitrogens is 2. The van der Waals surface area contributed by atoms with E-state index in [1.165, 1.54) is 18.5 Å². The molecular weight excluding hydrogens is 236 g/mol. The maximum Gasteiger partial charge on any atom is 0.145 e. The Kier molecular flexibility index (Phi) is 4.84. The number of nitrogens with two attached hydrogens (primary N) is 1. The highest BCUT2D eigenvalue weighted by molar-refractivity contribution is 5.45. The zero-order valence-electron chi connectivity index (χ0n) is 11.5. The van der Waals surface area contributed by atoms with Crippen molar-refractivity contribution in [2.45, 2.75) is 26.3 Å². The van der Waals surface area contributed by atoms with E-state index < -0.39 is 0 Å². The number of anilines is 2. The predicted molar refractivity (Wildman–Crippen MR) is 80.2 cm³/mol. The number of unbranched alkanes of at least 4 members (excludes halogenated alkanes) is 1. The zero-order chi connectivity index (χ0) is 13.5. The van der Waals surface area contributed by atoms with E-state index in [4.69, 9.17) is 5.73 Å². The molecule has 1 aromatic carbocycles. The van der Waals surface area contributed by atoms with E-state index in [9.17, 15) is 0 Å². The van der Waals surface area contributed by atoms with Gasteiger partial charge in [-0.3, -0.25) is 4.68 Å². The van der Waals surface area contributed by atoms with Gasteiger partial charge < -0.3 is 10.6 Å². The maximum absolute atomic E-state index is 5.63.